The lowest BCUT2D eigenvalue weighted by atomic mass is 10.1. The number of nitrogens with one attached hydrogen (secondary N) is 2. The van der Waals surface area contributed by atoms with Crippen LogP contribution in [0.3, 0.4) is 0 Å². The quantitative estimate of drug-likeness (QED) is 0.526. The van der Waals surface area contributed by atoms with Gasteiger partial charge in [0, 0.05) is 19.0 Å². The minimum Gasteiger partial charge on any atom is -0.352 e. The number of carbonyl (C=O) groups is 1. The first-order chi connectivity index (χ1) is 14.8. The van der Waals surface area contributed by atoms with Crippen LogP contribution in [-0.2, 0) is 27.8 Å². The Balaban J connectivity index is 1.51. The molecule has 0 aliphatic carbocycles. The second-order valence-corrected chi connectivity index (χ2v) is 9.38. The van der Waals surface area contributed by atoms with Gasteiger partial charge in [-0.15, -0.1) is 0 Å². The molecule has 5 nitrogen and oxygen atoms in total. The van der Waals surface area contributed by atoms with Gasteiger partial charge in [-0.05, 0) is 49.1 Å². The molecule has 31 heavy (non-hydrogen) atoms. The molecule has 0 aliphatic heterocycles. The van der Waals surface area contributed by atoms with Gasteiger partial charge >= 0.3 is 0 Å². The molecule has 3 rings (SSSR count). The van der Waals surface area contributed by atoms with E-state index < -0.39 is 10.0 Å². The molecule has 1 atom stereocenters. The van der Waals surface area contributed by atoms with Crippen LogP contribution in [0.4, 0.5) is 0 Å². The fourth-order valence-electron chi connectivity index (χ4n) is 3.31. The summed E-state index contributed by atoms with van der Waals surface area (Å²) in [7, 11) is -3.63. The first-order valence-corrected chi connectivity index (χ1v) is 11.8. The van der Waals surface area contributed by atoms with Crippen LogP contribution in [0.1, 0.15) is 41.6 Å². The third kappa shape index (κ3) is 6.77. The van der Waals surface area contributed by atoms with Crippen molar-refractivity contribution in [1.29, 1.82) is 0 Å². The fraction of sp³-hybridized carbons (Fsp3) is 0.240. The molecular weight excluding hydrogens is 408 g/mol. The SMILES string of the molecule is Cc1cccc(CNC(=O)CCc2ccc(S(=O)(=O)N[C@H](C)c3ccccc3)cc2)c1. The molecule has 0 aromatic heterocycles. The van der Waals surface area contributed by atoms with Crippen molar-refractivity contribution >= 4 is 15.9 Å². The van der Waals surface area contributed by atoms with Crippen LogP contribution in [0.5, 0.6) is 0 Å². The summed E-state index contributed by atoms with van der Waals surface area (Å²) in [6, 6.07) is 23.8. The monoisotopic (exact) mass is 436 g/mol. The summed E-state index contributed by atoms with van der Waals surface area (Å²) >= 11 is 0. The van der Waals surface area contributed by atoms with E-state index in [1.165, 1.54) is 0 Å². The van der Waals surface area contributed by atoms with E-state index in [9.17, 15) is 13.2 Å². The maximum absolute atomic E-state index is 12.7. The van der Waals surface area contributed by atoms with Gasteiger partial charge in [-0.1, -0.05) is 72.3 Å². The second kappa shape index (κ2) is 10.4. The van der Waals surface area contributed by atoms with Crippen LogP contribution in [0.2, 0.25) is 0 Å². The fourth-order valence-corrected chi connectivity index (χ4v) is 4.55. The number of benzene rings is 3. The van der Waals surface area contributed by atoms with E-state index in [4.69, 9.17) is 0 Å². The molecule has 2 N–H and O–H groups in total. The molecule has 0 saturated heterocycles. The van der Waals surface area contributed by atoms with Crippen molar-refractivity contribution < 1.29 is 13.2 Å². The Bertz CT molecular complexity index is 1110. The summed E-state index contributed by atoms with van der Waals surface area (Å²) in [5.74, 6) is -0.0310. The molecule has 162 valence electrons. The van der Waals surface area contributed by atoms with Crippen molar-refractivity contribution in [2.24, 2.45) is 0 Å². The third-order valence-corrected chi connectivity index (χ3v) is 6.63. The predicted molar refractivity (Wildman–Crippen MR) is 123 cm³/mol. The molecule has 0 unspecified atom stereocenters. The Morgan fingerprint density at radius 1 is 0.903 bits per heavy atom. The molecule has 0 heterocycles. The highest BCUT2D eigenvalue weighted by Gasteiger charge is 2.18. The van der Waals surface area contributed by atoms with Gasteiger partial charge in [-0.3, -0.25) is 4.79 Å². The van der Waals surface area contributed by atoms with Gasteiger partial charge in [0.1, 0.15) is 0 Å². The highest BCUT2D eigenvalue weighted by Crippen LogP contribution is 2.17. The number of hydrogen-bond donors (Lipinski definition) is 2. The molecule has 0 saturated carbocycles. The van der Waals surface area contributed by atoms with Crippen molar-refractivity contribution in [2.45, 2.75) is 44.2 Å². The number of carbonyl (C=O) groups excluding carboxylic acids is 1. The smallest absolute Gasteiger partial charge is 0.241 e. The Morgan fingerprint density at radius 2 is 1.61 bits per heavy atom. The maximum atomic E-state index is 12.7. The van der Waals surface area contributed by atoms with Crippen LogP contribution in [0.15, 0.2) is 83.8 Å². The Hall–Kier alpha value is -2.96. The zero-order chi connectivity index (χ0) is 22.3. The number of amides is 1. The minimum atomic E-state index is -3.63. The second-order valence-electron chi connectivity index (χ2n) is 7.66. The first-order valence-electron chi connectivity index (χ1n) is 10.3. The van der Waals surface area contributed by atoms with Crippen LogP contribution in [-0.4, -0.2) is 14.3 Å². The number of rotatable bonds is 9. The van der Waals surface area contributed by atoms with E-state index >= 15 is 0 Å². The van der Waals surface area contributed by atoms with Gasteiger partial charge in [0.2, 0.25) is 15.9 Å². The lowest BCUT2D eigenvalue weighted by Gasteiger charge is -2.15. The molecule has 0 bridgehead atoms. The van der Waals surface area contributed by atoms with E-state index in [0.29, 0.717) is 19.4 Å². The summed E-state index contributed by atoms with van der Waals surface area (Å²) in [6.45, 7) is 4.34. The van der Waals surface area contributed by atoms with Crippen molar-refractivity contribution in [2.75, 3.05) is 0 Å². The normalized spacial score (nSPS) is 12.3. The molecule has 1 amide bonds. The molecule has 0 fully saturated rings. The Kier molecular flexibility index (Phi) is 7.60. The van der Waals surface area contributed by atoms with Crippen LogP contribution < -0.4 is 10.0 Å². The van der Waals surface area contributed by atoms with E-state index in [1.54, 1.807) is 24.3 Å². The van der Waals surface area contributed by atoms with Crippen molar-refractivity contribution in [3.05, 3.63) is 101 Å². The van der Waals surface area contributed by atoms with Gasteiger partial charge in [0.15, 0.2) is 0 Å². The minimum absolute atomic E-state index is 0.0310. The van der Waals surface area contributed by atoms with Crippen LogP contribution in [0.25, 0.3) is 0 Å². The molecular formula is C25H28N2O3S. The molecule has 6 heteroatoms. The van der Waals surface area contributed by atoms with Crippen LogP contribution >= 0.6 is 0 Å². The van der Waals surface area contributed by atoms with E-state index in [-0.39, 0.29) is 16.8 Å². The van der Waals surface area contributed by atoms with E-state index in [0.717, 1.165) is 22.3 Å². The first kappa shape index (κ1) is 22.7. The Labute approximate surface area is 184 Å². The topological polar surface area (TPSA) is 75.3 Å². The summed E-state index contributed by atoms with van der Waals surface area (Å²) in [5, 5.41) is 2.92. The highest BCUT2D eigenvalue weighted by atomic mass is 32.2. The standard InChI is InChI=1S/C25H28N2O3S/c1-19-7-6-8-22(17-19)18-26-25(28)16-13-21-11-14-24(15-12-21)31(29,30)27-20(2)23-9-4-3-5-10-23/h3-12,14-15,17,20,27H,13,16,18H2,1-2H3,(H,26,28)/t20-/m1/s1. The largest absolute Gasteiger partial charge is 0.352 e. The van der Waals surface area contributed by atoms with Gasteiger partial charge in [0.25, 0.3) is 0 Å². The van der Waals surface area contributed by atoms with E-state index in [2.05, 4.69) is 10.0 Å². The van der Waals surface area contributed by atoms with Gasteiger partial charge < -0.3 is 5.32 Å². The number of hydrogen-bond acceptors (Lipinski definition) is 3. The number of aryl methyl sites for hydroxylation is 2. The Morgan fingerprint density at radius 3 is 2.29 bits per heavy atom. The lowest BCUT2D eigenvalue weighted by molar-refractivity contribution is -0.121. The predicted octanol–water partition coefficient (Wildman–Crippen LogP) is 4.28. The average Bonchev–Trinajstić information content (AvgIpc) is 2.77. The van der Waals surface area contributed by atoms with Gasteiger partial charge in [-0.2, -0.15) is 0 Å². The van der Waals surface area contributed by atoms with Crippen LogP contribution in [0, 0.1) is 6.92 Å². The van der Waals surface area contributed by atoms with Crippen molar-refractivity contribution in [1.82, 2.24) is 10.0 Å². The summed E-state index contributed by atoms with van der Waals surface area (Å²) in [6.07, 6.45) is 0.898. The van der Waals surface area contributed by atoms with Crippen molar-refractivity contribution in [3.63, 3.8) is 0 Å². The molecule has 0 spiro atoms. The van der Waals surface area contributed by atoms with E-state index in [1.807, 2.05) is 68.4 Å². The van der Waals surface area contributed by atoms with Crippen molar-refractivity contribution in [3.8, 4) is 0 Å². The number of sulfonamides is 1. The van der Waals surface area contributed by atoms with Gasteiger partial charge in [0.05, 0.1) is 4.90 Å². The maximum Gasteiger partial charge on any atom is 0.241 e. The van der Waals surface area contributed by atoms with Gasteiger partial charge in [-0.25, -0.2) is 13.1 Å². The summed E-state index contributed by atoms with van der Waals surface area (Å²) in [5.41, 5.74) is 4.05. The zero-order valence-electron chi connectivity index (χ0n) is 17.8. The average molecular weight is 437 g/mol. The summed E-state index contributed by atoms with van der Waals surface area (Å²) < 4.78 is 28.0. The molecule has 3 aromatic rings. The molecule has 0 aliphatic rings. The molecule has 0 radical (unpaired) electrons. The summed E-state index contributed by atoms with van der Waals surface area (Å²) in [4.78, 5) is 12.4. The lowest BCUT2D eigenvalue weighted by Crippen LogP contribution is -2.26. The zero-order valence-corrected chi connectivity index (χ0v) is 18.7. The third-order valence-electron chi connectivity index (χ3n) is 5.08. The molecule has 3 aromatic carbocycles. The highest BCUT2D eigenvalue weighted by molar-refractivity contribution is 7.89.